The summed E-state index contributed by atoms with van der Waals surface area (Å²) in [6, 6.07) is 6.79. The normalized spacial score (nSPS) is 14.5. The van der Waals surface area contributed by atoms with Crippen molar-refractivity contribution in [3.05, 3.63) is 56.5 Å². The number of thiophene rings is 1. The van der Waals surface area contributed by atoms with Crippen LogP contribution in [0.4, 0.5) is 13.2 Å². The molecule has 0 spiro atoms. The highest BCUT2D eigenvalue weighted by Crippen LogP contribution is 2.45. The average Bonchev–Trinajstić information content (AvgIpc) is 3.12. The SMILES string of the molecule is O=P(O)(CNS(=O)(=O)c1cc2c(Cl)ccc(Cl)c2s1)Oc1ccc(Br)c(C(F)(F)F)c1. The maximum Gasteiger partial charge on any atom is 0.417 e. The summed E-state index contributed by atoms with van der Waals surface area (Å²) in [7, 11) is -8.96. The maximum absolute atomic E-state index is 13.0. The summed E-state index contributed by atoms with van der Waals surface area (Å²) in [6.07, 6.45) is -5.81. The zero-order valence-electron chi connectivity index (χ0n) is 14.8. The summed E-state index contributed by atoms with van der Waals surface area (Å²) in [6.45, 7) is 0. The third-order valence-electron chi connectivity index (χ3n) is 3.77. The molecular formula is C16H10BrCl2F3NO5PS2. The van der Waals surface area contributed by atoms with Gasteiger partial charge in [0.05, 0.1) is 15.3 Å². The number of sulfonamides is 1. The van der Waals surface area contributed by atoms with Crippen molar-refractivity contribution in [2.45, 2.75) is 10.4 Å². The van der Waals surface area contributed by atoms with Gasteiger partial charge in [-0.2, -0.15) is 17.9 Å². The fourth-order valence-corrected chi connectivity index (χ4v) is 7.34. The lowest BCUT2D eigenvalue weighted by molar-refractivity contribution is -0.138. The molecule has 0 fully saturated rings. The lowest BCUT2D eigenvalue weighted by atomic mass is 10.2. The molecule has 3 rings (SSSR count). The van der Waals surface area contributed by atoms with E-state index in [0.29, 0.717) is 16.2 Å². The van der Waals surface area contributed by atoms with Crippen LogP contribution in [-0.2, 0) is 20.8 Å². The summed E-state index contributed by atoms with van der Waals surface area (Å²) in [5.74, 6) is -0.555. The predicted octanol–water partition coefficient (Wildman–Crippen LogP) is 6.49. The van der Waals surface area contributed by atoms with Crippen molar-refractivity contribution in [1.82, 2.24) is 4.72 Å². The molecule has 0 aliphatic carbocycles. The fourth-order valence-electron chi connectivity index (χ4n) is 2.38. The first-order valence-corrected chi connectivity index (χ1v) is 13.6. The van der Waals surface area contributed by atoms with Crippen LogP contribution in [0.2, 0.25) is 10.0 Å². The lowest BCUT2D eigenvalue weighted by Gasteiger charge is -2.16. The van der Waals surface area contributed by atoms with Crippen molar-refractivity contribution >= 4 is 78.2 Å². The minimum absolute atomic E-state index is 0.222. The first-order chi connectivity index (χ1) is 14.2. The number of alkyl halides is 3. The molecular weight excluding hydrogens is 589 g/mol. The molecule has 1 unspecified atom stereocenters. The summed E-state index contributed by atoms with van der Waals surface area (Å²) in [5, 5.41) is 0.930. The van der Waals surface area contributed by atoms with Crippen LogP contribution in [0.5, 0.6) is 5.75 Å². The number of nitrogens with one attached hydrogen (secondary N) is 1. The second-order valence-corrected chi connectivity index (χ2v) is 12.5. The van der Waals surface area contributed by atoms with Crippen molar-refractivity contribution in [1.29, 1.82) is 0 Å². The number of fused-ring (bicyclic) bond motifs is 1. The highest BCUT2D eigenvalue weighted by Gasteiger charge is 2.34. The Balaban J connectivity index is 1.79. The molecule has 1 atom stereocenters. The van der Waals surface area contributed by atoms with Crippen molar-refractivity contribution in [3.63, 3.8) is 0 Å². The van der Waals surface area contributed by atoms with E-state index in [1.54, 1.807) is 0 Å². The van der Waals surface area contributed by atoms with Gasteiger partial charge >= 0.3 is 13.8 Å². The smallest absolute Gasteiger partial charge is 0.417 e. The van der Waals surface area contributed by atoms with Crippen LogP contribution in [0.25, 0.3) is 10.1 Å². The Morgan fingerprint density at radius 1 is 1.16 bits per heavy atom. The quantitative estimate of drug-likeness (QED) is 0.316. The Bertz CT molecular complexity index is 1280. The van der Waals surface area contributed by atoms with Crippen LogP contribution in [0.15, 0.2) is 45.1 Å². The third-order valence-corrected chi connectivity index (χ3v) is 9.53. The van der Waals surface area contributed by atoms with E-state index in [4.69, 9.17) is 27.7 Å². The van der Waals surface area contributed by atoms with Gasteiger partial charge < -0.3 is 9.42 Å². The first kappa shape index (κ1) is 24.8. The van der Waals surface area contributed by atoms with Gasteiger partial charge in [-0.25, -0.2) is 13.0 Å². The van der Waals surface area contributed by atoms with E-state index < -0.39 is 41.4 Å². The second kappa shape index (κ2) is 8.83. The van der Waals surface area contributed by atoms with Gasteiger partial charge in [0.15, 0.2) is 0 Å². The fraction of sp³-hybridized carbons (Fsp3) is 0.125. The Labute approximate surface area is 196 Å². The summed E-state index contributed by atoms with van der Waals surface area (Å²) < 4.78 is 82.8. The molecule has 0 aliphatic heterocycles. The van der Waals surface area contributed by atoms with Gasteiger partial charge in [0, 0.05) is 14.9 Å². The molecule has 15 heteroatoms. The lowest BCUT2D eigenvalue weighted by Crippen LogP contribution is -2.25. The first-order valence-electron chi connectivity index (χ1n) is 7.95. The van der Waals surface area contributed by atoms with E-state index in [0.717, 1.165) is 23.5 Å². The summed E-state index contributed by atoms with van der Waals surface area (Å²) >= 11 is 15.6. The van der Waals surface area contributed by atoms with Gasteiger partial charge in [-0.05, 0) is 36.4 Å². The van der Waals surface area contributed by atoms with Gasteiger partial charge in [-0.15, -0.1) is 11.3 Å². The molecule has 1 heterocycles. The van der Waals surface area contributed by atoms with E-state index in [1.165, 1.54) is 18.2 Å². The molecule has 0 amide bonds. The topological polar surface area (TPSA) is 92.7 Å². The van der Waals surface area contributed by atoms with Crippen LogP contribution < -0.4 is 9.25 Å². The third kappa shape index (κ3) is 5.75. The zero-order chi connectivity index (χ0) is 23.2. The van der Waals surface area contributed by atoms with Crippen LogP contribution in [0.3, 0.4) is 0 Å². The molecule has 6 nitrogen and oxygen atoms in total. The van der Waals surface area contributed by atoms with Gasteiger partial charge in [0.2, 0.25) is 0 Å². The minimum atomic E-state index is -4.73. The Hall–Kier alpha value is -0.850. The highest BCUT2D eigenvalue weighted by atomic mass is 79.9. The van der Waals surface area contributed by atoms with Crippen LogP contribution in [-0.4, -0.2) is 19.6 Å². The van der Waals surface area contributed by atoms with Crippen LogP contribution in [0.1, 0.15) is 5.56 Å². The van der Waals surface area contributed by atoms with Gasteiger partial charge in [-0.3, -0.25) is 0 Å². The molecule has 0 radical (unpaired) electrons. The maximum atomic E-state index is 13.0. The number of hydrogen-bond donors (Lipinski definition) is 2. The Morgan fingerprint density at radius 2 is 1.81 bits per heavy atom. The highest BCUT2D eigenvalue weighted by molar-refractivity contribution is 9.10. The van der Waals surface area contributed by atoms with E-state index in [9.17, 15) is 31.0 Å². The largest absolute Gasteiger partial charge is 0.424 e. The zero-order valence-corrected chi connectivity index (χ0v) is 20.4. The van der Waals surface area contributed by atoms with E-state index in [2.05, 4.69) is 15.9 Å². The standard InChI is InChI=1S/C16H10BrCl2F3NO5PS2/c17-11-2-1-8(5-10(11)16(20,21)22)28-29(24,25)7-23-31(26,27)14-6-9-12(18)3-4-13(19)15(9)30-14/h1-6,23H,7H2,(H,24,25). The molecule has 1 aromatic heterocycles. The monoisotopic (exact) mass is 597 g/mol. The van der Waals surface area contributed by atoms with E-state index >= 15 is 0 Å². The number of rotatable bonds is 6. The summed E-state index contributed by atoms with van der Waals surface area (Å²) in [4.78, 5) is 9.94. The Morgan fingerprint density at radius 3 is 2.42 bits per heavy atom. The van der Waals surface area contributed by atoms with Gasteiger partial charge in [0.1, 0.15) is 16.2 Å². The molecule has 2 N–H and O–H groups in total. The van der Waals surface area contributed by atoms with Crippen molar-refractivity contribution in [2.75, 3.05) is 6.29 Å². The number of halogens is 6. The minimum Gasteiger partial charge on any atom is -0.424 e. The average molecular weight is 599 g/mol. The molecule has 31 heavy (non-hydrogen) atoms. The Kier molecular flexibility index (Phi) is 7.06. The van der Waals surface area contributed by atoms with Crippen LogP contribution >= 0.6 is 58.1 Å². The van der Waals surface area contributed by atoms with E-state index in [-0.39, 0.29) is 18.7 Å². The van der Waals surface area contributed by atoms with E-state index in [1.807, 2.05) is 4.72 Å². The van der Waals surface area contributed by atoms with Crippen molar-refractivity contribution in [2.24, 2.45) is 0 Å². The predicted molar refractivity (Wildman–Crippen MR) is 117 cm³/mol. The van der Waals surface area contributed by atoms with Gasteiger partial charge in [0.25, 0.3) is 10.0 Å². The van der Waals surface area contributed by atoms with Crippen molar-refractivity contribution < 1.29 is 35.6 Å². The molecule has 0 aliphatic rings. The molecule has 2 aromatic carbocycles. The second-order valence-electron chi connectivity index (χ2n) is 6.01. The van der Waals surface area contributed by atoms with Crippen molar-refractivity contribution in [3.8, 4) is 5.75 Å². The molecule has 168 valence electrons. The molecule has 3 aromatic rings. The van der Waals surface area contributed by atoms with Crippen LogP contribution in [0, 0.1) is 0 Å². The molecule has 0 saturated carbocycles. The molecule has 0 bridgehead atoms. The number of hydrogen-bond acceptors (Lipinski definition) is 5. The molecule has 0 saturated heterocycles. The number of benzene rings is 2. The summed E-state index contributed by atoms with van der Waals surface area (Å²) in [5.41, 5.74) is -1.12. The van der Waals surface area contributed by atoms with Gasteiger partial charge in [-0.1, -0.05) is 39.1 Å².